The Kier molecular flexibility index (Phi) is 4.68. The molecule has 0 fully saturated rings. The lowest BCUT2D eigenvalue weighted by Crippen LogP contribution is -2.07. The summed E-state index contributed by atoms with van der Waals surface area (Å²) in [6, 6.07) is 1.79. The molecule has 6 heteroatoms. The molecule has 1 aromatic carbocycles. The standard InChI is InChI=1S/C14H19NO5/c1-16-6-5-15-9-8-20-10-7-11(17-2)13(18-3)14(19-4)12(9)10/h7H,5-6,8H2,1-4H3. The Hall–Kier alpha value is -1.95. The fraction of sp³-hybridized carbons (Fsp3) is 0.500. The molecule has 0 unspecified atom stereocenters. The van der Waals surface area contributed by atoms with Crippen molar-refractivity contribution in [2.24, 2.45) is 4.99 Å². The molecule has 20 heavy (non-hydrogen) atoms. The summed E-state index contributed by atoms with van der Waals surface area (Å²) >= 11 is 0. The van der Waals surface area contributed by atoms with Gasteiger partial charge in [-0.15, -0.1) is 0 Å². The van der Waals surface area contributed by atoms with Crippen LogP contribution < -0.4 is 18.9 Å². The van der Waals surface area contributed by atoms with Gasteiger partial charge in [0.15, 0.2) is 11.5 Å². The summed E-state index contributed by atoms with van der Waals surface area (Å²) in [5, 5.41) is 0. The first-order chi connectivity index (χ1) is 9.76. The lowest BCUT2D eigenvalue weighted by Gasteiger charge is -2.14. The van der Waals surface area contributed by atoms with Crippen molar-refractivity contribution in [3.05, 3.63) is 11.6 Å². The average Bonchev–Trinajstić information content (AvgIpc) is 2.88. The number of aliphatic imine (C=N–C) groups is 1. The van der Waals surface area contributed by atoms with E-state index in [-0.39, 0.29) is 0 Å². The van der Waals surface area contributed by atoms with E-state index in [1.54, 1.807) is 34.5 Å². The summed E-state index contributed by atoms with van der Waals surface area (Å²) in [5.41, 5.74) is 1.65. The summed E-state index contributed by atoms with van der Waals surface area (Å²) in [5.74, 6) is 2.38. The number of benzene rings is 1. The van der Waals surface area contributed by atoms with Crippen LogP contribution in [0.1, 0.15) is 5.56 Å². The fourth-order valence-electron chi connectivity index (χ4n) is 2.14. The van der Waals surface area contributed by atoms with Crippen molar-refractivity contribution in [2.45, 2.75) is 0 Å². The van der Waals surface area contributed by atoms with Gasteiger partial charge in [-0.3, -0.25) is 4.99 Å². The van der Waals surface area contributed by atoms with Gasteiger partial charge in [0.25, 0.3) is 0 Å². The molecule has 0 saturated carbocycles. The first kappa shape index (κ1) is 14.5. The predicted octanol–water partition coefficient (Wildman–Crippen LogP) is 1.54. The van der Waals surface area contributed by atoms with Gasteiger partial charge in [0, 0.05) is 13.2 Å². The maximum Gasteiger partial charge on any atom is 0.204 e. The minimum atomic E-state index is 0.408. The van der Waals surface area contributed by atoms with Crippen LogP contribution in [0.5, 0.6) is 23.0 Å². The van der Waals surface area contributed by atoms with Gasteiger partial charge < -0.3 is 23.7 Å². The molecule has 1 aromatic rings. The molecule has 6 nitrogen and oxygen atoms in total. The molecular formula is C14H19NO5. The summed E-state index contributed by atoms with van der Waals surface area (Å²) in [7, 11) is 6.38. The smallest absolute Gasteiger partial charge is 0.204 e. The summed E-state index contributed by atoms with van der Waals surface area (Å²) in [6.07, 6.45) is 0. The molecule has 0 spiro atoms. The van der Waals surface area contributed by atoms with E-state index in [0.717, 1.165) is 11.3 Å². The van der Waals surface area contributed by atoms with Crippen LogP contribution in [0.15, 0.2) is 11.1 Å². The van der Waals surface area contributed by atoms with Gasteiger partial charge in [-0.1, -0.05) is 0 Å². The Bertz CT molecular complexity index is 513. The maximum absolute atomic E-state index is 5.64. The number of methoxy groups -OCH3 is 4. The molecule has 0 bridgehead atoms. The fourth-order valence-corrected chi connectivity index (χ4v) is 2.14. The second-order valence-corrected chi connectivity index (χ2v) is 4.13. The van der Waals surface area contributed by atoms with E-state index in [1.165, 1.54) is 0 Å². The molecule has 0 amide bonds. The number of hydrogen-bond donors (Lipinski definition) is 0. The molecule has 1 heterocycles. The quantitative estimate of drug-likeness (QED) is 0.740. The molecule has 0 aromatic heterocycles. The van der Waals surface area contributed by atoms with Crippen LogP contribution in [-0.4, -0.2) is 53.9 Å². The molecule has 0 radical (unpaired) electrons. The van der Waals surface area contributed by atoms with Gasteiger partial charge in [0.05, 0.1) is 45.8 Å². The number of fused-ring (bicyclic) bond motifs is 1. The summed E-state index contributed by atoms with van der Waals surface area (Å²) in [6.45, 7) is 1.55. The van der Waals surface area contributed by atoms with E-state index in [9.17, 15) is 0 Å². The lowest BCUT2D eigenvalue weighted by molar-refractivity contribution is 0.208. The van der Waals surface area contributed by atoms with E-state index in [4.69, 9.17) is 23.7 Å². The highest BCUT2D eigenvalue weighted by atomic mass is 16.5. The SMILES string of the molecule is COCCN=C1COc2cc(OC)c(OC)c(OC)c21. The van der Waals surface area contributed by atoms with Gasteiger partial charge in [0.1, 0.15) is 12.4 Å². The molecule has 110 valence electrons. The zero-order valence-corrected chi connectivity index (χ0v) is 12.2. The maximum atomic E-state index is 5.64. The topological polar surface area (TPSA) is 58.5 Å². The number of nitrogens with zero attached hydrogens (tertiary/aromatic N) is 1. The number of ether oxygens (including phenoxy) is 5. The Morgan fingerprint density at radius 3 is 2.45 bits per heavy atom. The minimum Gasteiger partial charge on any atom is -0.493 e. The Labute approximate surface area is 118 Å². The van der Waals surface area contributed by atoms with Crippen molar-refractivity contribution in [3.63, 3.8) is 0 Å². The van der Waals surface area contributed by atoms with Gasteiger partial charge in [-0.05, 0) is 0 Å². The zero-order chi connectivity index (χ0) is 14.5. The Morgan fingerprint density at radius 2 is 1.85 bits per heavy atom. The van der Waals surface area contributed by atoms with Crippen LogP contribution in [0.3, 0.4) is 0 Å². The highest BCUT2D eigenvalue weighted by molar-refractivity contribution is 6.09. The minimum absolute atomic E-state index is 0.408. The molecule has 0 N–H and O–H groups in total. The van der Waals surface area contributed by atoms with Crippen molar-refractivity contribution >= 4 is 5.71 Å². The molecule has 0 saturated heterocycles. The summed E-state index contributed by atoms with van der Waals surface area (Å²) < 4.78 is 26.8. The van der Waals surface area contributed by atoms with E-state index in [0.29, 0.717) is 42.8 Å². The normalized spacial score (nSPS) is 14.9. The first-order valence-corrected chi connectivity index (χ1v) is 6.25. The molecular weight excluding hydrogens is 262 g/mol. The molecule has 2 rings (SSSR count). The van der Waals surface area contributed by atoms with Crippen molar-refractivity contribution in [1.29, 1.82) is 0 Å². The van der Waals surface area contributed by atoms with Gasteiger partial charge in [-0.2, -0.15) is 0 Å². The van der Waals surface area contributed by atoms with Crippen molar-refractivity contribution in [3.8, 4) is 23.0 Å². The Balaban J connectivity index is 2.48. The van der Waals surface area contributed by atoms with Crippen molar-refractivity contribution < 1.29 is 23.7 Å². The largest absolute Gasteiger partial charge is 0.493 e. The van der Waals surface area contributed by atoms with Crippen LogP contribution in [0.2, 0.25) is 0 Å². The third-order valence-electron chi connectivity index (χ3n) is 3.04. The molecule has 1 aliphatic rings. The molecule has 1 aliphatic heterocycles. The van der Waals surface area contributed by atoms with E-state index >= 15 is 0 Å². The Morgan fingerprint density at radius 1 is 1.10 bits per heavy atom. The van der Waals surface area contributed by atoms with E-state index < -0.39 is 0 Å². The lowest BCUT2D eigenvalue weighted by atomic mass is 10.1. The van der Waals surface area contributed by atoms with Crippen LogP contribution in [-0.2, 0) is 4.74 Å². The third-order valence-corrected chi connectivity index (χ3v) is 3.04. The van der Waals surface area contributed by atoms with Gasteiger partial charge in [-0.25, -0.2) is 0 Å². The van der Waals surface area contributed by atoms with E-state index in [2.05, 4.69) is 4.99 Å². The third kappa shape index (κ3) is 2.51. The highest BCUT2D eigenvalue weighted by Gasteiger charge is 2.29. The van der Waals surface area contributed by atoms with Crippen LogP contribution in [0.4, 0.5) is 0 Å². The van der Waals surface area contributed by atoms with Crippen LogP contribution >= 0.6 is 0 Å². The van der Waals surface area contributed by atoms with Crippen molar-refractivity contribution in [1.82, 2.24) is 0 Å². The molecule has 0 aliphatic carbocycles. The summed E-state index contributed by atoms with van der Waals surface area (Å²) in [4.78, 5) is 4.48. The van der Waals surface area contributed by atoms with Gasteiger partial charge >= 0.3 is 0 Å². The van der Waals surface area contributed by atoms with Crippen molar-refractivity contribution in [2.75, 3.05) is 48.2 Å². The number of rotatable bonds is 6. The monoisotopic (exact) mass is 281 g/mol. The van der Waals surface area contributed by atoms with Crippen LogP contribution in [0, 0.1) is 0 Å². The zero-order valence-electron chi connectivity index (χ0n) is 12.2. The second kappa shape index (κ2) is 6.47. The van der Waals surface area contributed by atoms with E-state index in [1.807, 2.05) is 0 Å². The van der Waals surface area contributed by atoms with Gasteiger partial charge in [0.2, 0.25) is 5.75 Å². The first-order valence-electron chi connectivity index (χ1n) is 6.25. The average molecular weight is 281 g/mol. The molecule has 0 atom stereocenters. The predicted molar refractivity (Wildman–Crippen MR) is 74.9 cm³/mol. The van der Waals surface area contributed by atoms with Crippen LogP contribution in [0.25, 0.3) is 0 Å². The second-order valence-electron chi connectivity index (χ2n) is 4.13. The number of hydrogen-bond acceptors (Lipinski definition) is 6. The highest BCUT2D eigenvalue weighted by Crippen LogP contribution is 2.47.